The van der Waals surface area contributed by atoms with Gasteiger partial charge < -0.3 is 4.74 Å². The Hall–Kier alpha value is -2.37. The zero-order valence-electron chi connectivity index (χ0n) is 12.6. The van der Waals surface area contributed by atoms with Crippen molar-refractivity contribution in [2.45, 2.75) is 25.9 Å². The number of nitrogens with zero attached hydrogens (tertiary/aromatic N) is 1. The number of ether oxygens (including phenoxy) is 1. The predicted octanol–water partition coefficient (Wildman–Crippen LogP) is 4.20. The number of rotatable bonds is 5. The van der Waals surface area contributed by atoms with Crippen LogP contribution >= 0.6 is 0 Å². The summed E-state index contributed by atoms with van der Waals surface area (Å²) >= 11 is 0. The molecular weight excluding hydrogens is 307 g/mol. The van der Waals surface area contributed by atoms with E-state index in [1.807, 2.05) is 25.1 Å². The van der Waals surface area contributed by atoms with E-state index >= 15 is 0 Å². The number of aryl methyl sites for hydroxylation is 2. The average Bonchev–Trinajstić information content (AvgIpc) is 2.51. The first kappa shape index (κ1) is 17.0. The number of alkyl halides is 3. The van der Waals surface area contributed by atoms with Crippen LogP contribution in [0.1, 0.15) is 33.7 Å². The highest BCUT2D eigenvalue weighted by atomic mass is 19.4. The molecule has 1 aromatic heterocycles. The van der Waals surface area contributed by atoms with Crippen molar-refractivity contribution in [1.29, 1.82) is 0 Å². The lowest BCUT2D eigenvalue weighted by Gasteiger charge is -2.09. The number of halogens is 3. The van der Waals surface area contributed by atoms with Crippen LogP contribution in [0.25, 0.3) is 0 Å². The standard InChI is InChI=1S/C17H16F3NO2/c1-12-5-2-8-15(21-12)9-4-10-23-16(22)13-6-3-7-14(11-13)17(18,19)20/h2-3,5-8,11H,4,9-10H2,1H3. The maximum Gasteiger partial charge on any atom is 0.416 e. The highest BCUT2D eigenvalue weighted by Gasteiger charge is 2.31. The molecule has 0 spiro atoms. The third-order valence-electron chi connectivity index (χ3n) is 3.18. The lowest BCUT2D eigenvalue weighted by molar-refractivity contribution is -0.137. The Kier molecular flexibility index (Phi) is 5.36. The zero-order chi connectivity index (χ0) is 16.9. The normalized spacial score (nSPS) is 11.3. The van der Waals surface area contributed by atoms with Crippen LogP contribution < -0.4 is 0 Å². The summed E-state index contributed by atoms with van der Waals surface area (Å²) in [6, 6.07) is 9.87. The van der Waals surface area contributed by atoms with Crippen LogP contribution in [0, 0.1) is 6.92 Å². The summed E-state index contributed by atoms with van der Waals surface area (Å²) in [5, 5.41) is 0. The number of aromatic nitrogens is 1. The van der Waals surface area contributed by atoms with Gasteiger partial charge in [-0.2, -0.15) is 13.2 Å². The molecule has 0 saturated carbocycles. The van der Waals surface area contributed by atoms with E-state index in [1.165, 1.54) is 12.1 Å². The van der Waals surface area contributed by atoms with Gasteiger partial charge in [0.25, 0.3) is 0 Å². The first-order valence-electron chi connectivity index (χ1n) is 7.13. The molecule has 122 valence electrons. The van der Waals surface area contributed by atoms with Crippen LogP contribution in [0.4, 0.5) is 13.2 Å². The molecule has 0 fully saturated rings. The predicted molar refractivity (Wildman–Crippen MR) is 79.0 cm³/mol. The maximum absolute atomic E-state index is 12.6. The van der Waals surface area contributed by atoms with Gasteiger partial charge in [0, 0.05) is 11.4 Å². The smallest absolute Gasteiger partial charge is 0.416 e. The molecule has 0 amide bonds. The van der Waals surface area contributed by atoms with Gasteiger partial charge in [0.1, 0.15) is 0 Å². The number of carbonyl (C=O) groups excluding carboxylic acids is 1. The van der Waals surface area contributed by atoms with E-state index < -0.39 is 17.7 Å². The van der Waals surface area contributed by atoms with Gasteiger partial charge in [-0.25, -0.2) is 4.79 Å². The number of hydrogen-bond acceptors (Lipinski definition) is 3. The fourth-order valence-corrected chi connectivity index (χ4v) is 2.06. The fourth-order valence-electron chi connectivity index (χ4n) is 2.06. The van der Waals surface area contributed by atoms with Gasteiger partial charge in [-0.3, -0.25) is 4.98 Å². The molecule has 2 aromatic rings. The Morgan fingerprint density at radius 3 is 2.61 bits per heavy atom. The Labute approximate surface area is 132 Å². The molecule has 0 bridgehead atoms. The third-order valence-corrected chi connectivity index (χ3v) is 3.18. The van der Waals surface area contributed by atoms with E-state index in [-0.39, 0.29) is 12.2 Å². The van der Waals surface area contributed by atoms with Gasteiger partial charge in [-0.1, -0.05) is 12.1 Å². The second-order valence-corrected chi connectivity index (χ2v) is 5.09. The highest BCUT2D eigenvalue weighted by molar-refractivity contribution is 5.89. The Morgan fingerprint density at radius 2 is 1.91 bits per heavy atom. The quantitative estimate of drug-likeness (QED) is 0.611. The summed E-state index contributed by atoms with van der Waals surface area (Å²) in [7, 11) is 0. The first-order valence-corrected chi connectivity index (χ1v) is 7.13. The van der Waals surface area contributed by atoms with Crippen molar-refractivity contribution < 1.29 is 22.7 Å². The summed E-state index contributed by atoms with van der Waals surface area (Å²) in [6.07, 6.45) is -3.29. The lowest BCUT2D eigenvalue weighted by Crippen LogP contribution is -2.10. The van der Waals surface area contributed by atoms with E-state index in [1.54, 1.807) is 0 Å². The van der Waals surface area contributed by atoms with Crippen molar-refractivity contribution in [2.24, 2.45) is 0 Å². The summed E-state index contributed by atoms with van der Waals surface area (Å²) < 4.78 is 42.8. The van der Waals surface area contributed by atoms with Gasteiger partial charge in [0.15, 0.2) is 0 Å². The Balaban J connectivity index is 1.85. The molecule has 0 radical (unpaired) electrons. The Bertz CT molecular complexity index is 684. The molecule has 23 heavy (non-hydrogen) atoms. The van der Waals surface area contributed by atoms with E-state index in [0.717, 1.165) is 23.5 Å². The zero-order valence-corrected chi connectivity index (χ0v) is 12.6. The number of pyridine rings is 1. The van der Waals surface area contributed by atoms with Gasteiger partial charge in [-0.05, 0) is 50.1 Å². The molecule has 0 N–H and O–H groups in total. The molecule has 0 aliphatic carbocycles. The van der Waals surface area contributed by atoms with Gasteiger partial charge >= 0.3 is 12.1 Å². The average molecular weight is 323 g/mol. The van der Waals surface area contributed by atoms with Crippen LogP contribution in [0.5, 0.6) is 0 Å². The summed E-state index contributed by atoms with van der Waals surface area (Å²) in [6.45, 7) is 2.02. The molecule has 6 heteroatoms. The summed E-state index contributed by atoms with van der Waals surface area (Å²) in [4.78, 5) is 16.1. The summed E-state index contributed by atoms with van der Waals surface area (Å²) in [5.41, 5.74) is 0.827. The van der Waals surface area contributed by atoms with Crippen molar-refractivity contribution in [3.05, 3.63) is 65.0 Å². The molecular formula is C17H16F3NO2. The third kappa shape index (κ3) is 5.09. The van der Waals surface area contributed by atoms with Crippen molar-refractivity contribution in [3.8, 4) is 0 Å². The molecule has 0 unspecified atom stereocenters. The van der Waals surface area contributed by atoms with Crippen LogP contribution in [-0.2, 0) is 17.3 Å². The number of carbonyl (C=O) groups is 1. The summed E-state index contributed by atoms with van der Waals surface area (Å²) in [5.74, 6) is -0.756. The molecule has 0 atom stereocenters. The van der Waals surface area contributed by atoms with E-state index in [0.29, 0.717) is 12.8 Å². The van der Waals surface area contributed by atoms with Crippen molar-refractivity contribution in [3.63, 3.8) is 0 Å². The molecule has 3 nitrogen and oxygen atoms in total. The lowest BCUT2D eigenvalue weighted by atomic mass is 10.1. The topological polar surface area (TPSA) is 39.2 Å². The van der Waals surface area contributed by atoms with Crippen LogP contribution in [0.2, 0.25) is 0 Å². The van der Waals surface area contributed by atoms with E-state index in [4.69, 9.17) is 4.74 Å². The number of hydrogen-bond donors (Lipinski definition) is 0. The molecule has 2 rings (SSSR count). The van der Waals surface area contributed by atoms with Gasteiger partial charge in [0.05, 0.1) is 17.7 Å². The largest absolute Gasteiger partial charge is 0.462 e. The first-order chi connectivity index (χ1) is 10.9. The second kappa shape index (κ2) is 7.26. The van der Waals surface area contributed by atoms with Gasteiger partial charge in [0.2, 0.25) is 0 Å². The monoisotopic (exact) mass is 323 g/mol. The van der Waals surface area contributed by atoms with Gasteiger partial charge in [-0.15, -0.1) is 0 Å². The van der Waals surface area contributed by atoms with E-state index in [2.05, 4.69) is 4.98 Å². The van der Waals surface area contributed by atoms with Crippen molar-refractivity contribution in [2.75, 3.05) is 6.61 Å². The SMILES string of the molecule is Cc1cccc(CCCOC(=O)c2cccc(C(F)(F)F)c2)n1. The minimum Gasteiger partial charge on any atom is -0.462 e. The highest BCUT2D eigenvalue weighted by Crippen LogP contribution is 2.29. The minimum atomic E-state index is -4.48. The number of benzene rings is 1. The van der Waals surface area contributed by atoms with Crippen LogP contribution in [0.3, 0.4) is 0 Å². The maximum atomic E-state index is 12.6. The second-order valence-electron chi connectivity index (χ2n) is 5.09. The van der Waals surface area contributed by atoms with Crippen molar-refractivity contribution in [1.82, 2.24) is 4.98 Å². The minimum absolute atomic E-state index is 0.103. The van der Waals surface area contributed by atoms with Crippen LogP contribution in [0.15, 0.2) is 42.5 Å². The molecule has 1 aromatic carbocycles. The fraction of sp³-hybridized carbons (Fsp3) is 0.294. The van der Waals surface area contributed by atoms with Crippen molar-refractivity contribution >= 4 is 5.97 Å². The van der Waals surface area contributed by atoms with Crippen LogP contribution in [-0.4, -0.2) is 17.6 Å². The molecule has 0 saturated heterocycles. The molecule has 0 aliphatic heterocycles. The molecule has 1 heterocycles. The Morgan fingerprint density at radius 1 is 1.17 bits per heavy atom. The molecule has 0 aliphatic rings. The number of esters is 1. The van der Waals surface area contributed by atoms with E-state index in [9.17, 15) is 18.0 Å².